The fraction of sp³-hybridized carbons (Fsp3) is 0.394. The van der Waals surface area contributed by atoms with Gasteiger partial charge in [-0.15, -0.1) is 0 Å². The smallest absolute Gasteiger partial charge is 0.258 e. The Kier molecular flexibility index (Phi) is 9.16. The third kappa shape index (κ3) is 6.46. The molecule has 0 atom stereocenters. The standard InChI is InChI=1S/C33H40N4O4S/c1-4-28(42(39,40)35-29-13-6-11-26-12-7-18-34-32(26)29)16-14-24(2)33(38)37-20-8-19-36(21-22-37)30-17-15-27(23-31(30)41-3)25-9-5-10-25/h6-7,11-18,23,25,35H,4-5,8-10,19-22H2,1-3H3/b24-14+,28-16+. The van der Waals surface area contributed by atoms with Crippen molar-refractivity contribution in [2.45, 2.75) is 51.9 Å². The molecule has 2 fully saturated rings. The Labute approximate surface area is 249 Å². The molecule has 1 aromatic heterocycles. The number of sulfonamides is 1. The van der Waals surface area contributed by atoms with Crippen LogP contribution in [0.4, 0.5) is 11.4 Å². The highest BCUT2D eigenvalue weighted by Crippen LogP contribution is 2.40. The number of rotatable bonds is 9. The van der Waals surface area contributed by atoms with Crippen molar-refractivity contribution in [3.63, 3.8) is 0 Å². The molecule has 0 bridgehead atoms. The molecule has 2 aliphatic rings. The molecule has 1 aliphatic carbocycles. The van der Waals surface area contributed by atoms with Crippen molar-refractivity contribution >= 4 is 38.2 Å². The van der Waals surface area contributed by atoms with E-state index >= 15 is 0 Å². The van der Waals surface area contributed by atoms with Crippen LogP contribution in [-0.2, 0) is 14.8 Å². The van der Waals surface area contributed by atoms with Gasteiger partial charge < -0.3 is 14.5 Å². The first kappa shape index (κ1) is 29.6. The monoisotopic (exact) mass is 588 g/mol. The minimum absolute atomic E-state index is 0.0838. The molecule has 2 heterocycles. The number of fused-ring (bicyclic) bond motifs is 1. The van der Waals surface area contributed by atoms with Crippen molar-refractivity contribution in [1.82, 2.24) is 9.88 Å². The van der Waals surface area contributed by atoms with Crippen LogP contribution in [0.1, 0.15) is 57.4 Å². The lowest BCUT2D eigenvalue weighted by molar-refractivity contribution is -0.126. The molecule has 2 aromatic carbocycles. The van der Waals surface area contributed by atoms with E-state index in [0.29, 0.717) is 42.3 Å². The largest absolute Gasteiger partial charge is 0.495 e. The van der Waals surface area contributed by atoms with Crippen LogP contribution >= 0.6 is 0 Å². The number of benzene rings is 2. The van der Waals surface area contributed by atoms with Crippen molar-refractivity contribution < 1.29 is 17.9 Å². The Hall–Kier alpha value is -3.85. The van der Waals surface area contributed by atoms with Crippen LogP contribution in [0.25, 0.3) is 10.9 Å². The quantitative estimate of drug-likeness (QED) is 0.235. The lowest BCUT2D eigenvalue weighted by atomic mass is 9.80. The predicted octanol–water partition coefficient (Wildman–Crippen LogP) is 6.23. The van der Waals surface area contributed by atoms with Crippen molar-refractivity contribution in [3.05, 3.63) is 82.9 Å². The van der Waals surface area contributed by atoms with Gasteiger partial charge in [-0.2, -0.15) is 0 Å². The normalized spacial score (nSPS) is 17.1. The van der Waals surface area contributed by atoms with Crippen LogP contribution < -0.4 is 14.4 Å². The molecule has 1 aliphatic heterocycles. The minimum atomic E-state index is -3.84. The highest BCUT2D eigenvalue weighted by molar-refractivity contribution is 7.96. The molecule has 0 radical (unpaired) electrons. The molecule has 9 heteroatoms. The summed E-state index contributed by atoms with van der Waals surface area (Å²) in [6.45, 7) is 6.28. The molecule has 42 heavy (non-hydrogen) atoms. The number of nitrogens with one attached hydrogen (secondary N) is 1. The topological polar surface area (TPSA) is 91.8 Å². The van der Waals surface area contributed by atoms with E-state index in [1.54, 1.807) is 45.4 Å². The van der Waals surface area contributed by atoms with Gasteiger partial charge in [0.05, 0.1) is 28.9 Å². The summed E-state index contributed by atoms with van der Waals surface area (Å²) in [5.41, 5.74) is 3.92. The molecule has 3 aromatic rings. The van der Waals surface area contributed by atoms with Crippen LogP contribution in [0.2, 0.25) is 0 Å². The highest BCUT2D eigenvalue weighted by atomic mass is 32.2. The molecular formula is C33H40N4O4S. The van der Waals surface area contributed by atoms with E-state index in [9.17, 15) is 13.2 Å². The van der Waals surface area contributed by atoms with Crippen LogP contribution in [-0.4, -0.2) is 57.5 Å². The van der Waals surface area contributed by atoms with Crippen molar-refractivity contribution in [2.75, 3.05) is 42.9 Å². The van der Waals surface area contributed by atoms with Crippen molar-refractivity contribution in [3.8, 4) is 5.75 Å². The first-order valence-corrected chi connectivity index (χ1v) is 16.2. The third-order valence-electron chi connectivity index (χ3n) is 8.33. The lowest BCUT2D eigenvalue weighted by Crippen LogP contribution is -2.35. The SMILES string of the molecule is CC/C(=C\C=C(/C)C(=O)N1CCCN(c2ccc(C3CCC3)cc2OC)CC1)S(=O)(=O)Nc1cccc2cccnc12. The predicted molar refractivity (Wildman–Crippen MR) is 169 cm³/mol. The molecule has 0 spiro atoms. The van der Waals surface area contributed by atoms with E-state index in [1.165, 1.54) is 30.9 Å². The minimum Gasteiger partial charge on any atom is -0.495 e. The molecule has 1 amide bonds. The van der Waals surface area contributed by atoms with E-state index in [0.717, 1.165) is 29.8 Å². The second-order valence-corrected chi connectivity index (χ2v) is 12.7. The van der Waals surface area contributed by atoms with E-state index in [4.69, 9.17) is 4.74 Å². The second-order valence-electron chi connectivity index (χ2n) is 11.0. The van der Waals surface area contributed by atoms with Gasteiger partial charge in [-0.1, -0.05) is 43.7 Å². The summed E-state index contributed by atoms with van der Waals surface area (Å²) in [7, 11) is -2.12. The number of allylic oxidation sites excluding steroid dienone is 3. The first-order chi connectivity index (χ1) is 20.3. The van der Waals surface area contributed by atoms with E-state index in [1.807, 2.05) is 23.1 Å². The fourth-order valence-electron chi connectivity index (χ4n) is 5.65. The van der Waals surface area contributed by atoms with Gasteiger partial charge >= 0.3 is 0 Å². The Bertz CT molecular complexity index is 1610. The molecule has 8 nitrogen and oxygen atoms in total. The van der Waals surface area contributed by atoms with E-state index in [-0.39, 0.29) is 17.2 Å². The van der Waals surface area contributed by atoms with Gasteiger partial charge in [-0.3, -0.25) is 14.5 Å². The summed E-state index contributed by atoms with van der Waals surface area (Å²) in [6, 6.07) is 15.6. The number of nitrogens with zero attached hydrogens (tertiary/aromatic N) is 3. The van der Waals surface area contributed by atoms with Crippen LogP contribution in [0.5, 0.6) is 5.75 Å². The zero-order chi connectivity index (χ0) is 29.7. The summed E-state index contributed by atoms with van der Waals surface area (Å²) in [5, 5.41) is 0.848. The van der Waals surface area contributed by atoms with Gasteiger partial charge in [0, 0.05) is 43.3 Å². The molecule has 1 saturated heterocycles. The Morgan fingerprint density at radius 2 is 1.86 bits per heavy atom. The maximum Gasteiger partial charge on any atom is 0.258 e. The summed E-state index contributed by atoms with van der Waals surface area (Å²) >= 11 is 0. The summed E-state index contributed by atoms with van der Waals surface area (Å²) in [6.07, 6.45) is 9.69. The van der Waals surface area contributed by atoms with Crippen LogP contribution in [0.3, 0.4) is 0 Å². The van der Waals surface area contributed by atoms with Gasteiger partial charge in [0.2, 0.25) is 5.91 Å². The third-order valence-corrected chi connectivity index (χ3v) is 9.94. The maximum absolute atomic E-state index is 13.4. The van der Waals surface area contributed by atoms with Crippen molar-refractivity contribution in [1.29, 1.82) is 0 Å². The number of ether oxygens (including phenoxy) is 1. The number of hydrogen-bond acceptors (Lipinski definition) is 6. The number of carbonyl (C=O) groups is 1. The number of pyridine rings is 1. The number of para-hydroxylation sites is 1. The molecule has 1 saturated carbocycles. The molecular weight excluding hydrogens is 548 g/mol. The molecule has 1 N–H and O–H groups in total. The first-order valence-electron chi connectivity index (χ1n) is 14.8. The zero-order valence-electron chi connectivity index (χ0n) is 24.7. The molecule has 222 valence electrons. The maximum atomic E-state index is 13.4. The summed E-state index contributed by atoms with van der Waals surface area (Å²) in [5.74, 6) is 1.45. The van der Waals surface area contributed by atoms with Crippen LogP contribution in [0, 0.1) is 0 Å². The van der Waals surface area contributed by atoms with Gasteiger partial charge in [0.25, 0.3) is 10.0 Å². The van der Waals surface area contributed by atoms with Gasteiger partial charge in [-0.25, -0.2) is 8.42 Å². The van der Waals surface area contributed by atoms with E-state index in [2.05, 4.69) is 32.8 Å². The lowest BCUT2D eigenvalue weighted by Gasteiger charge is -2.29. The van der Waals surface area contributed by atoms with Gasteiger partial charge in [0.15, 0.2) is 0 Å². The Balaban J connectivity index is 1.26. The number of amides is 1. The van der Waals surface area contributed by atoms with E-state index < -0.39 is 10.0 Å². The number of hydrogen-bond donors (Lipinski definition) is 1. The number of anilines is 2. The second kappa shape index (κ2) is 13.0. The zero-order valence-corrected chi connectivity index (χ0v) is 25.5. The fourth-order valence-corrected chi connectivity index (χ4v) is 6.86. The Morgan fingerprint density at radius 3 is 2.60 bits per heavy atom. The highest BCUT2D eigenvalue weighted by Gasteiger charge is 2.25. The average molecular weight is 589 g/mol. The number of carbonyl (C=O) groups excluding carboxylic acids is 1. The average Bonchev–Trinajstić information content (AvgIpc) is 3.22. The van der Waals surface area contributed by atoms with Gasteiger partial charge in [-0.05, 0) is 74.4 Å². The number of aromatic nitrogens is 1. The van der Waals surface area contributed by atoms with Crippen molar-refractivity contribution in [2.24, 2.45) is 0 Å². The summed E-state index contributed by atoms with van der Waals surface area (Å²) in [4.78, 5) is 22.1. The summed E-state index contributed by atoms with van der Waals surface area (Å²) < 4.78 is 35.0. The molecule has 0 unspecified atom stereocenters. The van der Waals surface area contributed by atoms with Gasteiger partial charge in [0.1, 0.15) is 5.75 Å². The van der Waals surface area contributed by atoms with Crippen LogP contribution in [0.15, 0.2) is 77.4 Å². The Morgan fingerprint density at radius 1 is 1.05 bits per heavy atom. The number of methoxy groups -OCH3 is 1. The molecule has 5 rings (SSSR count).